The van der Waals surface area contributed by atoms with Crippen LogP contribution >= 0.6 is 0 Å². The van der Waals surface area contributed by atoms with Gasteiger partial charge in [0.05, 0.1) is 0 Å². The Balaban J connectivity index is 2.52. The molecule has 2 aliphatic rings. The van der Waals surface area contributed by atoms with Gasteiger partial charge in [-0.15, -0.1) is 0 Å². The Morgan fingerprint density at radius 3 is 2.02 bits per heavy atom. The Morgan fingerprint density at radius 2 is 1.50 bits per heavy atom. The molecule has 3 N–H and O–H groups in total. The van der Waals surface area contributed by atoms with Gasteiger partial charge in [-0.3, -0.25) is 14.4 Å². The Labute approximate surface area is 263 Å². The van der Waals surface area contributed by atoms with E-state index in [1.54, 1.807) is 0 Å². The minimum absolute atomic E-state index is 0.00671. The number of carbonyl (C=O) groups excluding carboxylic acids is 3. The molecule has 2 fully saturated rings. The Hall–Kier alpha value is -3.67. The van der Waals surface area contributed by atoms with E-state index in [9.17, 15) is 20.1 Å². The summed E-state index contributed by atoms with van der Waals surface area (Å²) < 4.78 is 0. The highest BCUT2D eigenvalue weighted by atomic mass is 16.3. The van der Waals surface area contributed by atoms with Gasteiger partial charge in [-0.2, -0.15) is 0 Å². The summed E-state index contributed by atoms with van der Waals surface area (Å²) in [5.41, 5.74) is -0.709. The standard InChI is InChI=1S/C38H50O6/c1-22(2)12-11-13-28(25(7)8)37-21-27(16-14-23(3)4)36(9,10)38(35(37)44,19-18-24(5)6)34(43)31(33(37)42)32(41)26-15-17-29(39)30(40)20-26/h12,14-15,17-18,20,27-28,39-41H,7,11,13,16,19,21H2,1-6,8-10H3/t27-,28-,37+,38-/m1/s1. The van der Waals surface area contributed by atoms with Crippen molar-refractivity contribution in [3.63, 3.8) is 0 Å². The number of allylic oxidation sites excluding steroid dienone is 8. The lowest BCUT2D eigenvalue weighted by Gasteiger charge is -2.62. The van der Waals surface area contributed by atoms with Crippen molar-refractivity contribution in [1.29, 1.82) is 0 Å². The minimum Gasteiger partial charge on any atom is -0.506 e. The van der Waals surface area contributed by atoms with Crippen molar-refractivity contribution in [3.8, 4) is 11.5 Å². The topological polar surface area (TPSA) is 112 Å². The van der Waals surface area contributed by atoms with Crippen molar-refractivity contribution in [2.24, 2.45) is 28.1 Å². The number of aliphatic hydroxyl groups excluding tert-OH is 1. The number of phenolic OH excluding ortho intramolecular Hbond substituents is 2. The van der Waals surface area contributed by atoms with Crippen LogP contribution in [0.1, 0.15) is 100.0 Å². The van der Waals surface area contributed by atoms with E-state index >= 15 is 9.59 Å². The van der Waals surface area contributed by atoms with Gasteiger partial charge in [0.1, 0.15) is 22.2 Å². The van der Waals surface area contributed by atoms with Gasteiger partial charge in [-0.25, -0.2) is 0 Å². The van der Waals surface area contributed by atoms with Crippen LogP contribution in [0.4, 0.5) is 0 Å². The third-order valence-corrected chi connectivity index (χ3v) is 10.0. The molecule has 2 aliphatic carbocycles. The molecule has 0 saturated heterocycles. The number of phenols is 2. The van der Waals surface area contributed by atoms with Crippen LogP contribution in [0, 0.1) is 28.1 Å². The molecule has 0 heterocycles. The first-order chi connectivity index (χ1) is 20.4. The van der Waals surface area contributed by atoms with Gasteiger partial charge in [0.25, 0.3) is 0 Å². The van der Waals surface area contributed by atoms with Gasteiger partial charge in [-0.1, -0.05) is 60.9 Å². The SMILES string of the molecule is C=C(C)[C@@H](CCC=C(C)C)[C@@]12C[C@@H](CC=C(C)C)C(C)(C)[C@](CC=C(C)C)(C(=O)C(=C(O)c3ccc(O)c(O)c3)C1=O)C2=O. The van der Waals surface area contributed by atoms with Crippen molar-refractivity contribution in [3.05, 3.63) is 76.4 Å². The lowest BCUT2D eigenvalue weighted by atomic mass is 9.37. The van der Waals surface area contributed by atoms with Gasteiger partial charge in [-0.05, 0) is 116 Å². The summed E-state index contributed by atoms with van der Waals surface area (Å²) in [7, 11) is 0. The van der Waals surface area contributed by atoms with Crippen LogP contribution in [0.25, 0.3) is 5.76 Å². The van der Waals surface area contributed by atoms with Crippen LogP contribution in [0.2, 0.25) is 0 Å². The molecule has 0 aliphatic heterocycles. The molecule has 0 spiro atoms. The highest BCUT2D eigenvalue weighted by Gasteiger charge is 2.75. The fourth-order valence-corrected chi connectivity index (χ4v) is 7.39. The average molecular weight is 603 g/mol. The lowest BCUT2D eigenvalue weighted by molar-refractivity contribution is -0.179. The molecule has 0 radical (unpaired) electrons. The Kier molecular flexibility index (Phi) is 10.1. The molecule has 4 atom stereocenters. The van der Waals surface area contributed by atoms with E-state index in [4.69, 9.17) is 0 Å². The minimum atomic E-state index is -1.64. The summed E-state index contributed by atoms with van der Waals surface area (Å²) in [6.45, 7) is 21.8. The summed E-state index contributed by atoms with van der Waals surface area (Å²) in [6.07, 6.45) is 8.08. The first-order valence-electron chi connectivity index (χ1n) is 15.5. The van der Waals surface area contributed by atoms with E-state index in [1.807, 2.05) is 68.4 Å². The maximum Gasteiger partial charge on any atom is 0.184 e. The largest absolute Gasteiger partial charge is 0.506 e. The van der Waals surface area contributed by atoms with Crippen LogP contribution in [0.15, 0.2) is 70.9 Å². The Morgan fingerprint density at radius 1 is 0.909 bits per heavy atom. The third kappa shape index (κ3) is 5.76. The van der Waals surface area contributed by atoms with Crippen LogP contribution in [0.5, 0.6) is 11.5 Å². The predicted molar refractivity (Wildman–Crippen MR) is 176 cm³/mol. The van der Waals surface area contributed by atoms with Crippen LogP contribution in [-0.4, -0.2) is 32.7 Å². The van der Waals surface area contributed by atoms with Crippen molar-refractivity contribution < 1.29 is 29.7 Å². The fraction of sp³-hybridized carbons (Fsp3) is 0.500. The molecular weight excluding hydrogens is 552 g/mol. The molecule has 238 valence electrons. The summed E-state index contributed by atoms with van der Waals surface area (Å²) >= 11 is 0. The van der Waals surface area contributed by atoms with E-state index in [1.165, 1.54) is 12.1 Å². The number of Topliss-reactive ketones (excluding diaryl/α,β-unsaturated/α-hetero) is 3. The van der Waals surface area contributed by atoms with Gasteiger partial charge < -0.3 is 15.3 Å². The van der Waals surface area contributed by atoms with Crippen LogP contribution in [-0.2, 0) is 14.4 Å². The second-order valence-electron chi connectivity index (χ2n) is 14.2. The molecule has 1 aromatic carbocycles. The summed E-state index contributed by atoms with van der Waals surface area (Å²) in [6, 6.07) is 3.65. The maximum atomic E-state index is 15.3. The average Bonchev–Trinajstić information content (AvgIpc) is 2.91. The second kappa shape index (κ2) is 12.7. The molecule has 2 bridgehead atoms. The number of aliphatic hydroxyl groups is 1. The molecule has 0 amide bonds. The summed E-state index contributed by atoms with van der Waals surface area (Å²) in [4.78, 5) is 45.3. The number of hydrogen-bond donors (Lipinski definition) is 3. The lowest BCUT2D eigenvalue weighted by Crippen LogP contribution is -2.71. The summed E-state index contributed by atoms with van der Waals surface area (Å²) in [5.74, 6) is -4.03. The quantitative estimate of drug-likeness (QED) is 0.0616. The molecule has 3 rings (SSSR count). The number of carbonyl (C=O) groups is 3. The van der Waals surface area contributed by atoms with Crippen LogP contribution in [0.3, 0.4) is 0 Å². The molecule has 0 aromatic heterocycles. The normalized spacial score (nSPS) is 26.0. The molecule has 1 aromatic rings. The molecule has 6 nitrogen and oxygen atoms in total. The number of hydrogen-bond acceptors (Lipinski definition) is 6. The number of aromatic hydroxyl groups is 2. The zero-order valence-corrected chi connectivity index (χ0v) is 27.9. The number of rotatable bonds is 10. The fourth-order valence-electron chi connectivity index (χ4n) is 7.39. The number of benzene rings is 1. The van der Waals surface area contributed by atoms with Gasteiger partial charge in [0.15, 0.2) is 28.8 Å². The van der Waals surface area contributed by atoms with Gasteiger partial charge >= 0.3 is 0 Å². The smallest absolute Gasteiger partial charge is 0.184 e. The second-order valence-corrected chi connectivity index (χ2v) is 14.2. The van der Waals surface area contributed by atoms with Crippen molar-refractivity contribution in [1.82, 2.24) is 0 Å². The molecule has 2 saturated carbocycles. The van der Waals surface area contributed by atoms with Gasteiger partial charge in [0.2, 0.25) is 0 Å². The zero-order chi connectivity index (χ0) is 33.4. The van der Waals surface area contributed by atoms with E-state index in [0.717, 1.165) is 22.8 Å². The third-order valence-electron chi connectivity index (χ3n) is 10.0. The zero-order valence-electron chi connectivity index (χ0n) is 27.9. The molecule has 0 unspecified atom stereocenters. The van der Waals surface area contributed by atoms with Crippen molar-refractivity contribution in [2.75, 3.05) is 0 Å². The van der Waals surface area contributed by atoms with Gasteiger partial charge in [0, 0.05) is 5.56 Å². The number of ketones is 3. The highest BCUT2D eigenvalue weighted by molar-refractivity contribution is 6.42. The number of fused-ring (bicyclic) bond motifs is 2. The first-order valence-corrected chi connectivity index (χ1v) is 15.5. The molecule has 44 heavy (non-hydrogen) atoms. The highest BCUT2D eigenvalue weighted by Crippen LogP contribution is 2.67. The van der Waals surface area contributed by atoms with E-state index in [2.05, 4.69) is 18.7 Å². The first kappa shape index (κ1) is 34.8. The van der Waals surface area contributed by atoms with Crippen molar-refractivity contribution in [2.45, 2.75) is 94.4 Å². The Bertz CT molecular complexity index is 1490. The van der Waals surface area contributed by atoms with Crippen LogP contribution < -0.4 is 0 Å². The summed E-state index contributed by atoms with van der Waals surface area (Å²) in [5, 5.41) is 31.8. The monoisotopic (exact) mass is 602 g/mol. The predicted octanol–water partition coefficient (Wildman–Crippen LogP) is 8.76. The molecule has 6 heteroatoms. The molecular formula is C38H50O6. The van der Waals surface area contributed by atoms with E-state index in [-0.39, 0.29) is 30.1 Å². The van der Waals surface area contributed by atoms with E-state index in [0.29, 0.717) is 24.8 Å². The van der Waals surface area contributed by atoms with E-state index < -0.39 is 56.6 Å². The maximum absolute atomic E-state index is 15.3. The van der Waals surface area contributed by atoms with Crippen molar-refractivity contribution >= 4 is 23.1 Å².